The molecule has 0 aromatic heterocycles. The molecule has 0 aliphatic heterocycles. The monoisotopic (exact) mass is 234 g/mol. The highest BCUT2D eigenvalue weighted by molar-refractivity contribution is 5.86. The predicted molar refractivity (Wildman–Crippen MR) is 62.4 cm³/mol. The minimum atomic E-state index is -0.759. The van der Waals surface area contributed by atoms with E-state index < -0.39 is 5.54 Å². The quantitative estimate of drug-likeness (QED) is 0.765. The van der Waals surface area contributed by atoms with Gasteiger partial charge in [0.05, 0.1) is 30.5 Å². The molecule has 1 rings (SSSR count). The average molecular weight is 234 g/mol. The fourth-order valence-corrected chi connectivity index (χ4v) is 2.22. The van der Waals surface area contributed by atoms with E-state index in [0.717, 1.165) is 12.8 Å². The maximum atomic E-state index is 12.3. The molecule has 1 aliphatic rings. The Bertz CT molecular complexity index is 328. The zero-order valence-corrected chi connectivity index (χ0v) is 9.98. The van der Waals surface area contributed by atoms with Crippen molar-refractivity contribution in [1.82, 2.24) is 4.90 Å². The first-order chi connectivity index (χ1) is 8.14. The lowest BCUT2D eigenvalue weighted by molar-refractivity contribution is -0.136. The molecular weight excluding hydrogens is 216 g/mol. The summed E-state index contributed by atoms with van der Waals surface area (Å²) >= 11 is 0. The van der Waals surface area contributed by atoms with Crippen molar-refractivity contribution in [3.63, 3.8) is 0 Å². The van der Waals surface area contributed by atoms with Crippen LogP contribution in [0.1, 0.15) is 38.5 Å². The summed E-state index contributed by atoms with van der Waals surface area (Å²) in [6.45, 7) is 0.742. The van der Waals surface area contributed by atoms with Crippen molar-refractivity contribution < 1.29 is 4.79 Å². The minimum absolute atomic E-state index is 0.0968. The van der Waals surface area contributed by atoms with Gasteiger partial charge in [0.1, 0.15) is 0 Å². The lowest BCUT2D eigenvalue weighted by Gasteiger charge is -2.30. The molecule has 0 saturated heterocycles. The molecule has 5 nitrogen and oxygen atoms in total. The molecule has 1 fully saturated rings. The third-order valence-electron chi connectivity index (χ3n) is 3.20. The van der Waals surface area contributed by atoms with Crippen LogP contribution in [0.5, 0.6) is 0 Å². The van der Waals surface area contributed by atoms with E-state index in [4.69, 9.17) is 16.3 Å². The van der Waals surface area contributed by atoms with Gasteiger partial charge in [-0.3, -0.25) is 4.79 Å². The Kier molecular flexibility index (Phi) is 4.93. The molecule has 1 saturated carbocycles. The van der Waals surface area contributed by atoms with Crippen LogP contribution >= 0.6 is 0 Å². The van der Waals surface area contributed by atoms with Gasteiger partial charge < -0.3 is 10.6 Å². The van der Waals surface area contributed by atoms with Crippen LogP contribution in [0.25, 0.3) is 0 Å². The van der Waals surface area contributed by atoms with Gasteiger partial charge in [-0.1, -0.05) is 12.8 Å². The number of hydrogen-bond donors (Lipinski definition) is 1. The number of rotatable bonds is 5. The molecule has 2 N–H and O–H groups in total. The van der Waals surface area contributed by atoms with Gasteiger partial charge in [-0.2, -0.15) is 10.5 Å². The van der Waals surface area contributed by atoms with Crippen LogP contribution in [0.4, 0.5) is 0 Å². The number of carbonyl (C=O) groups is 1. The first kappa shape index (κ1) is 13.5. The Balaban J connectivity index is 2.65. The Labute approximate surface area is 102 Å². The summed E-state index contributed by atoms with van der Waals surface area (Å²) in [5.74, 6) is -0.0968. The normalized spacial score (nSPS) is 17.1. The second-order valence-corrected chi connectivity index (χ2v) is 4.47. The van der Waals surface area contributed by atoms with Gasteiger partial charge in [0.2, 0.25) is 5.91 Å². The zero-order valence-electron chi connectivity index (χ0n) is 9.98. The summed E-state index contributed by atoms with van der Waals surface area (Å²) in [4.78, 5) is 13.8. The van der Waals surface area contributed by atoms with Gasteiger partial charge in [0.25, 0.3) is 0 Å². The topological polar surface area (TPSA) is 93.9 Å². The van der Waals surface area contributed by atoms with Crippen LogP contribution in [0.2, 0.25) is 0 Å². The van der Waals surface area contributed by atoms with Crippen LogP contribution in [-0.2, 0) is 4.79 Å². The highest BCUT2D eigenvalue weighted by Gasteiger charge is 2.39. The summed E-state index contributed by atoms with van der Waals surface area (Å²) in [6, 6.07) is 4.03. The molecule has 0 spiro atoms. The summed E-state index contributed by atoms with van der Waals surface area (Å²) < 4.78 is 0. The summed E-state index contributed by atoms with van der Waals surface area (Å²) in [5.41, 5.74) is 5.33. The van der Waals surface area contributed by atoms with Crippen molar-refractivity contribution in [3.8, 4) is 12.1 Å². The minimum Gasteiger partial charge on any atom is -0.339 e. The van der Waals surface area contributed by atoms with Crippen molar-refractivity contribution in [2.24, 2.45) is 5.73 Å². The van der Waals surface area contributed by atoms with Crippen molar-refractivity contribution in [2.75, 3.05) is 13.1 Å². The average Bonchev–Trinajstić information content (AvgIpc) is 2.77. The van der Waals surface area contributed by atoms with E-state index in [1.54, 1.807) is 4.90 Å². The molecule has 0 radical (unpaired) electrons. The van der Waals surface area contributed by atoms with Crippen molar-refractivity contribution in [1.29, 1.82) is 10.5 Å². The number of amides is 1. The van der Waals surface area contributed by atoms with Gasteiger partial charge in [-0.25, -0.2) is 0 Å². The van der Waals surface area contributed by atoms with E-state index in [1.165, 1.54) is 0 Å². The lowest BCUT2D eigenvalue weighted by atomic mass is 9.97. The molecule has 0 aromatic rings. The van der Waals surface area contributed by atoms with E-state index in [9.17, 15) is 4.79 Å². The van der Waals surface area contributed by atoms with E-state index in [1.807, 2.05) is 12.1 Å². The largest absolute Gasteiger partial charge is 0.339 e. The Morgan fingerprint density at radius 1 is 1.18 bits per heavy atom. The second kappa shape index (κ2) is 6.22. The number of nitrogens with zero attached hydrogens (tertiary/aromatic N) is 3. The third-order valence-corrected chi connectivity index (χ3v) is 3.20. The van der Waals surface area contributed by atoms with E-state index in [-0.39, 0.29) is 18.7 Å². The molecule has 92 valence electrons. The van der Waals surface area contributed by atoms with Gasteiger partial charge in [0, 0.05) is 13.1 Å². The number of carbonyl (C=O) groups excluding carboxylic acids is 1. The third kappa shape index (κ3) is 3.44. The molecular formula is C12H18N4O. The van der Waals surface area contributed by atoms with Crippen LogP contribution in [0.15, 0.2) is 0 Å². The number of nitrogens with two attached hydrogens (primary N) is 1. The fourth-order valence-electron chi connectivity index (χ4n) is 2.22. The first-order valence-electron chi connectivity index (χ1n) is 5.96. The van der Waals surface area contributed by atoms with Crippen molar-refractivity contribution in [3.05, 3.63) is 0 Å². The van der Waals surface area contributed by atoms with Crippen molar-refractivity contribution >= 4 is 5.91 Å². The van der Waals surface area contributed by atoms with E-state index in [0.29, 0.717) is 25.9 Å². The fraction of sp³-hybridized carbons (Fsp3) is 0.750. The molecule has 0 heterocycles. The van der Waals surface area contributed by atoms with Gasteiger partial charge in [-0.05, 0) is 12.8 Å². The zero-order chi connectivity index (χ0) is 12.7. The first-order valence-corrected chi connectivity index (χ1v) is 5.96. The summed E-state index contributed by atoms with van der Waals surface area (Å²) in [5, 5.41) is 17.1. The van der Waals surface area contributed by atoms with Crippen molar-refractivity contribution in [2.45, 2.75) is 44.1 Å². The van der Waals surface area contributed by atoms with Crippen LogP contribution in [0.3, 0.4) is 0 Å². The van der Waals surface area contributed by atoms with Gasteiger partial charge in [0.15, 0.2) is 0 Å². The van der Waals surface area contributed by atoms with Gasteiger partial charge in [-0.15, -0.1) is 0 Å². The Morgan fingerprint density at radius 2 is 1.65 bits per heavy atom. The molecule has 0 unspecified atom stereocenters. The van der Waals surface area contributed by atoms with Crippen LogP contribution in [-0.4, -0.2) is 29.4 Å². The number of hydrogen-bond acceptors (Lipinski definition) is 4. The summed E-state index contributed by atoms with van der Waals surface area (Å²) in [7, 11) is 0. The molecule has 5 heteroatoms. The summed E-state index contributed by atoms with van der Waals surface area (Å²) in [6.07, 6.45) is 3.95. The van der Waals surface area contributed by atoms with E-state index >= 15 is 0 Å². The Morgan fingerprint density at radius 3 is 2.06 bits per heavy atom. The molecule has 0 atom stereocenters. The standard InChI is InChI=1S/C12H18N4O/c13-7-3-9-16(10-4-8-14)11(17)12(15)5-1-2-6-12/h1-6,9-10,15H2. The maximum absolute atomic E-state index is 12.3. The smallest absolute Gasteiger partial charge is 0.242 e. The lowest BCUT2D eigenvalue weighted by Crippen LogP contribution is -2.54. The Hall–Kier alpha value is -1.59. The van der Waals surface area contributed by atoms with Gasteiger partial charge >= 0.3 is 0 Å². The molecule has 1 aliphatic carbocycles. The number of nitriles is 2. The highest BCUT2D eigenvalue weighted by atomic mass is 16.2. The SMILES string of the molecule is N#CCCN(CCC#N)C(=O)C1(N)CCCC1. The second-order valence-electron chi connectivity index (χ2n) is 4.47. The molecule has 1 amide bonds. The maximum Gasteiger partial charge on any atom is 0.242 e. The highest BCUT2D eigenvalue weighted by Crippen LogP contribution is 2.29. The molecule has 0 bridgehead atoms. The van der Waals surface area contributed by atoms with Crippen LogP contribution in [0, 0.1) is 22.7 Å². The van der Waals surface area contributed by atoms with Crippen LogP contribution < -0.4 is 5.73 Å². The molecule has 17 heavy (non-hydrogen) atoms. The predicted octanol–water partition coefficient (Wildman–Crippen LogP) is 0.914. The van der Waals surface area contributed by atoms with E-state index in [2.05, 4.69) is 0 Å². The molecule has 0 aromatic carbocycles.